The molecule has 0 radical (unpaired) electrons. The Balaban J connectivity index is 1.24. The van der Waals surface area contributed by atoms with E-state index in [-0.39, 0.29) is 0 Å². The van der Waals surface area contributed by atoms with Gasteiger partial charge in [0.1, 0.15) is 0 Å². The van der Waals surface area contributed by atoms with Crippen LogP contribution in [0.4, 0.5) is 0 Å². The first-order valence-electron chi connectivity index (χ1n) is 15.0. The summed E-state index contributed by atoms with van der Waals surface area (Å²) < 4.78 is 4.61. The highest BCUT2D eigenvalue weighted by molar-refractivity contribution is 6.24. The Kier molecular flexibility index (Phi) is 7.15. The van der Waals surface area contributed by atoms with Crippen molar-refractivity contribution in [3.05, 3.63) is 72.6 Å². The Bertz CT molecular complexity index is 1730. The number of nitrogens with zero attached hydrogens (tertiary/aromatic N) is 2. The zero-order valence-corrected chi connectivity index (χ0v) is 23.5. The summed E-state index contributed by atoms with van der Waals surface area (Å²) in [6.07, 6.45) is 19.6. The fourth-order valence-electron chi connectivity index (χ4n) is 6.83. The number of unbranched alkanes of at least 4 members (excludes halogenated alkanes) is 9. The number of aryl methyl sites for hydroxylation is 3. The van der Waals surface area contributed by atoms with Gasteiger partial charge in [-0.05, 0) is 46.0 Å². The fraction of sp³-hybridized carbons (Fsp3) is 0.389. The Morgan fingerprint density at radius 3 is 1.63 bits per heavy atom. The Morgan fingerprint density at radius 1 is 0.474 bits per heavy atom. The molecule has 0 fully saturated rings. The Labute approximate surface area is 227 Å². The molecule has 0 bridgehead atoms. The normalized spacial score (nSPS) is 12.2. The molecule has 0 spiro atoms. The number of benzene rings is 4. The van der Waals surface area contributed by atoms with Crippen molar-refractivity contribution >= 4 is 54.1 Å². The van der Waals surface area contributed by atoms with E-state index in [2.05, 4.69) is 97.1 Å². The van der Waals surface area contributed by atoms with Gasteiger partial charge in [-0.3, -0.25) is 0 Å². The predicted octanol–water partition coefficient (Wildman–Crippen LogP) is 10.6. The SMILES string of the molecule is CCCCCCCCCCCCc1cn(C)c2c1ccc1c3ccc4c(ccc5ccn(C)c54)c3ccc12. The van der Waals surface area contributed by atoms with E-state index in [4.69, 9.17) is 0 Å². The monoisotopic (exact) mass is 502 g/mol. The molecule has 0 atom stereocenters. The van der Waals surface area contributed by atoms with Crippen molar-refractivity contribution in [2.24, 2.45) is 14.1 Å². The molecule has 0 saturated heterocycles. The van der Waals surface area contributed by atoms with Crippen LogP contribution >= 0.6 is 0 Å². The molecule has 4 aromatic carbocycles. The molecular formula is C36H42N2. The third kappa shape index (κ3) is 4.49. The quantitative estimate of drug-likeness (QED) is 0.123. The number of hydrogen-bond donors (Lipinski definition) is 0. The zero-order chi connectivity index (χ0) is 26.1. The van der Waals surface area contributed by atoms with E-state index < -0.39 is 0 Å². The number of hydrogen-bond acceptors (Lipinski definition) is 0. The van der Waals surface area contributed by atoms with E-state index in [9.17, 15) is 0 Å². The summed E-state index contributed by atoms with van der Waals surface area (Å²) in [6, 6.07) is 20.9. The molecule has 2 heteroatoms. The third-order valence-corrected chi connectivity index (χ3v) is 8.85. The molecule has 196 valence electrons. The minimum Gasteiger partial charge on any atom is -0.350 e. The lowest BCUT2D eigenvalue weighted by atomic mass is 9.94. The third-order valence-electron chi connectivity index (χ3n) is 8.85. The number of rotatable bonds is 11. The lowest BCUT2D eigenvalue weighted by molar-refractivity contribution is 0.556. The maximum atomic E-state index is 2.38. The molecule has 2 aromatic heterocycles. The van der Waals surface area contributed by atoms with Crippen LogP contribution in [0.15, 0.2) is 67.0 Å². The van der Waals surface area contributed by atoms with Crippen LogP contribution in [0.2, 0.25) is 0 Å². The molecule has 6 aromatic rings. The molecule has 0 amide bonds. The largest absolute Gasteiger partial charge is 0.350 e. The lowest BCUT2D eigenvalue weighted by Crippen LogP contribution is -1.89. The maximum absolute atomic E-state index is 2.38. The predicted molar refractivity (Wildman–Crippen MR) is 167 cm³/mol. The van der Waals surface area contributed by atoms with E-state index in [1.807, 2.05) is 0 Å². The van der Waals surface area contributed by atoms with Crippen LogP contribution in [0.25, 0.3) is 54.1 Å². The lowest BCUT2D eigenvalue weighted by Gasteiger charge is -2.11. The highest BCUT2D eigenvalue weighted by Crippen LogP contribution is 2.38. The Hall–Kier alpha value is -3.26. The second kappa shape index (κ2) is 10.8. The van der Waals surface area contributed by atoms with Gasteiger partial charge in [0.25, 0.3) is 0 Å². The summed E-state index contributed by atoms with van der Waals surface area (Å²) in [6.45, 7) is 2.29. The van der Waals surface area contributed by atoms with Gasteiger partial charge in [-0.15, -0.1) is 0 Å². The van der Waals surface area contributed by atoms with Crippen molar-refractivity contribution in [3.63, 3.8) is 0 Å². The summed E-state index contributed by atoms with van der Waals surface area (Å²) in [4.78, 5) is 0. The van der Waals surface area contributed by atoms with Gasteiger partial charge >= 0.3 is 0 Å². The van der Waals surface area contributed by atoms with Crippen molar-refractivity contribution in [2.75, 3.05) is 0 Å². The minimum atomic E-state index is 1.18. The summed E-state index contributed by atoms with van der Waals surface area (Å²) >= 11 is 0. The van der Waals surface area contributed by atoms with Gasteiger partial charge in [-0.25, -0.2) is 0 Å². The first kappa shape index (κ1) is 25.0. The van der Waals surface area contributed by atoms with Crippen LogP contribution in [0, 0.1) is 0 Å². The number of aromatic nitrogens is 2. The van der Waals surface area contributed by atoms with Crippen LogP contribution in [0.3, 0.4) is 0 Å². The first-order valence-corrected chi connectivity index (χ1v) is 15.0. The topological polar surface area (TPSA) is 9.86 Å². The van der Waals surface area contributed by atoms with E-state index in [1.54, 1.807) is 0 Å². The van der Waals surface area contributed by atoms with Gasteiger partial charge in [-0.2, -0.15) is 0 Å². The summed E-state index contributed by atoms with van der Waals surface area (Å²) in [5.41, 5.74) is 4.21. The molecule has 0 unspecified atom stereocenters. The molecule has 2 heterocycles. The Morgan fingerprint density at radius 2 is 0.974 bits per heavy atom. The molecule has 6 rings (SSSR count). The highest BCUT2D eigenvalue weighted by atomic mass is 14.9. The van der Waals surface area contributed by atoms with Gasteiger partial charge in [-0.1, -0.05) is 113 Å². The second-order valence-electron chi connectivity index (χ2n) is 11.5. The van der Waals surface area contributed by atoms with E-state index in [0.717, 1.165) is 0 Å². The van der Waals surface area contributed by atoms with Gasteiger partial charge in [0, 0.05) is 48.0 Å². The van der Waals surface area contributed by atoms with Gasteiger partial charge in [0.05, 0.1) is 11.0 Å². The summed E-state index contributed by atoms with van der Waals surface area (Å²) in [5.74, 6) is 0. The smallest absolute Gasteiger partial charge is 0.0560 e. The van der Waals surface area contributed by atoms with Crippen molar-refractivity contribution in [1.29, 1.82) is 0 Å². The van der Waals surface area contributed by atoms with E-state index >= 15 is 0 Å². The average molecular weight is 503 g/mol. The molecular weight excluding hydrogens is 460 g/mol. The fourth-order valence-corrected chi connectivity index (χ4v) is 6.83. The van der Waals surface area contributed by atoms with Crippen molar-refractivity contribution in [3.8, 4) is 0 Å². The second-order valence-corrected chi connectivity index (χ2v) is 11.5. The van der Waals surface area contributed by atoms with Crippen LogP contribution in [-0.4, -0.2) is 9.13 Å². The molecule has 0 saturated carbocycles. The van der Waals surface area contributed by atoms with Crippen LogP contribution in [0.1, 0.15) is 76.7 Å². The van der Waals surface area contributed by atoms with Gasteiger partial charge in [0.15, 0.2) is 0 Å². The number of fused-ring (bicyclic) bond motifs is 9. The van der Waals surface area contributed by atoms with Crippen LogP contribution in [0.5, 0.6) is 0 Å². The van der Waals surface area contributed by atoms with Crippen molar-refractivity contribution < 1.29 is 0 Å². The molecule has 38 heavy (non-hydrogen) atoms. The molecule has 0 aliphatic carbocycles. The highest BCUT2D eigenvalue weighted by Gasteiger charge is 2.14. The van der Waals surface area contributed by atoms with E-state index in [0.29, 0.717) is 0 Å². The standard InChI is InChI=1S/C36H42N2/c1-4-5-6-7-8-9-10-11-12-13-14-27-25-38(3)36-28(27)17-18-32-30-19-21-33-31(29(30)20-22-34(32)36)16-15-26-23-24-37(2)35(26)33/h15-25H,4-14H2,1-3H3. The zero-order valence-electron chi connectivity index (χ0n) is 23.5. The molecule has 0 aliphatic heterocycles. The summed E-state index contributed by atoms with van der Waals surface area (Å²) in [5, 5.41) is 10.8. The minimum absolute atomic E-state index is 1.18. The summed E-state index contributed by atoms with van der Waals surface area (Å²) in [7, 11) is 4.37. The van der Waals surface area contributed by atoms with Gasteiger partial charge in [0.2, 0.25) is 0 Å². The van der Waals surface area contributed by atoms with E-state index in [1.165, 1.54) is 130 Å². The molecule has 0 aliphatic rings. The van der Waals surface area contributed by atoms with Crippen LogP contribution < -0.4 is 0 Å². The molecule has 2 nitrogen and oxygen atoms in total. The van der Waals surface area contributed by atoms with Crippen molar-refractivity contribution in [2.45, 2.75) is 77.6 Å². The molecule has 0 N–H and O–H groups in total. The maximum Gasteiger partial charge on any atom is 0.0560 e. The van der Waals surface area contributed by atoms with Crippen LogP contribution in [-0.2, 0) is 20.5 Å². The first-order chi connectivity index (χ1) is 18.7. The van der Waals surface area contributed by atoms with Gasteiger partial charge < -0.3 is 9.13 Å². The van der Waals surface area contributed by atoms with Crippen molar-refractivity contribution in [1.82, 2.24) is 9.13 Å². The average Bonchev–Trinajstić information content (AvgIpc) is 3.48.